The third kappa shape index (κ3) is 7.55. The molecule has 4 aromatic rings. The number of hydrogen-bond donors (Lipinski definition) is 1. The zero-order chi connectivity index (χ0) is 32.3. The van der Waals surface area contributed by atoms with Crippen LogP contribution in [-0.4, -0.2) is 55.7 Å². The number of alkyl halides is 5. The Morgan fingerprint density at radius 3 is 2.47 bits per heavy atom. The number of hydrogen-bond acceptors (Lipinski definition) is 6. The topological polar surface area (TPSA) is 73.3 Å². The van der Waals surface area contributed by atoms with Crippen LogP contribution in [0.4, 0.5) is 26.3 Å². The lowest BCUT2D eigenvalue weighted by molar-refractivity contribution is -0.150. The van der Waals surface area contributed by atoms with Gasteiger partial charge in [0.05, 0.1) is 12.3 Å². The van der Waals surface area contributed by atoms with E-state index in [2.05, 4.69) is 15.3 Å². The monoisotopic (exact) mass is 631 g/mol. The SMILES string of the molecule is CNCC(c1cc2c(c(-c3ccc(F)cc3)n1)OCC2C1CC1)C(F)(F)F.Cc1cnc2c(OCC(F)F)cc(C=O)cc2c1. The highest BCUT2D eigenvalue weighted by molar-refractivity contribution is 5.91. The summed E-state index contributed by atoms with van der Waals surface area (Å²) < 4.78 is 89.4. The second-order valence-electron chi connectivity index (χ2n) is 11.2. The molecule has 1 fully saturated rings. The van der Waals surface area contributed by atoms with Crippen LogP contribution in [-0.2, 0) is 0 Å². The van der Waals surface area contributed by atoms with Crippen LogP contribution in [0.25, 0.3) is 22.2 Å². The maximum absolute atomic E-state index is 13.6. The second-order valence-corrected chi connectivity index (χ2v) is 11.2. The van der Waals surface area contributed by atoms with E-state index in [1.165, 1.54) is 37.4 Å². The molecule has 0 spiro atoms. The molecule has 2 unspecified atom stereocenters. The Balaban J connectivity index is 0.000000194. The largest absolute Gasteiger partial charge is 0.490 e. The summed E-state index contributed by atoms with van der Waals surface area (Å²) in [4.78, 5) is 19.3. The molecule has 12 heteroatoms. The number of likely N-dealkylation sites (N-methyl/N-ethyl adjacent to an activating group) is 1. The Morgan fingerprint density at radius 1 is 1.11 bits per heavy atom. The minimum absolute atomic E-state index is 0.0222. The fourth-order valence-electron chi connectivity index (χ4n) is 5.41. The quantitative estimate of drug-likeness (QED) is 0.151. The summed E-state index contributed by atoms with van der Waals surface area (Å²) in [5.41, 5.74) is 3.46. The molecule has 6 rings (SSSR count). The van der Waals surface area contributed by atoms with E-state index < -0.39 is 30.9 Å². The minimum Gasteiger partial charge on any atom is -0.490 e. The molecule has 6 nitrogen and oxygen atoms in total. The number of aromatic nitrogens is 2. The molecule has 2 atom stereocenters. The first kappa shape index (κ1) is 32.2. The highest BCUT2D eigenvalue weighted by Gasteiger charge is 2.44. The number of halogens is 6. The molecule has 1 saturated carbocycles. The predicted molar refractivity (Wildman–Crippen MR) is 157 cm³/mol. The number of benzene rings is 2. The number of aryl methyl sites for hydroxylation is 1. The highest BCUT2D eigenvalue weighted by Crippen LogP contribution is 2.52. The normalized spacial score (nSPS) is 16.5. The smallest absolute Gasteiger partial charge is 0.398 e. The maximum atomic E-state index is 13.6. The van der Waals surface area contributed by atoms with Gasteiger partial charge in [0.2, 0.25) is 0 Å². The van der Waals surface area contributed by atoms with Gasteiger partial charge in [0.25, 0.3) is 6.43 Å². The van der Waals surface area contributed by atoms with Crippen molar-refractivity contribution >= 4 is 17.2 Å². The van der Waals surface area contributed by atoms with Crippen LogP contribution in [0.2, 0.25) is 0 Å². The molecule has 1 aliphatic heterocycles. The number of fused-ring (bicyclic) bond motifs is 2. The van der Waals surface area contributed by atoms with Gasteiger partial charge in [-0.25, -0.2) is 18.2 Å². The standard InChI is InChI=1S/C20H20F4N2O.C13H11F2NO2/c1-25-9-16(20(22,23)24)17-8-14-15(11-2-3-11)10-27-19(14)18(26-17)12-4-6-13(21)7-5-12;1-8-2-10-3-9(6-17)4-11(13(10)16-5-8)18-7-12(14)15/h4-8,11,15-16,25H,2-3,9-10H2,1H3;2-6,12H,7H2,1H3. The van der Waals surface area contributed by atoms with E-state index >= 15 is 0 Å². The van der Waals surface area contributed by atoms with Gasteiger partial charge in [-0.15, -0.1) is 0 Å². The summed E-state index contributed by atoms with van der Waals surface area (Å²) in [6, 6.07) is 12.1. The second kappa shape index (κ2) is 13.4. The molecule has 2 aromatic heterocycles. The minimum atomic E-state index is -4.42. The van der Waals surface area contributed by atoms with Crippen molar-refractivity contribution in [3.05, 3.63) is 82.9 Å². The van der Waals surface area contributed by atoms with Crippen LogP contribution in [0.5, 0.6) is 11.5 Å². The van der Waals surface area contributed by atoms with Gasteiger partial charge >= 0.3 is 6.18 Å². The summed E-state index contributed by atoms with van der Waals surface area (Å²) in [6.45, 7) is 1.35. The van der Waals surface area contributed by atoms with Gasteiger partial charge in [-0.3, -0.25) is 9.78 Å². The van der Waals surface area contributed by atoms with Gasteiger partial charge in [0.1, 0.15) is 47.3 Å². The van der Waals surface area contributed by atoms with Crippen LogP contribution < -0.4 is 14.8 Å². The highest BCUT2D eigenvalue weighted by atomic mass is 19.4. The molecule has 0 radical (unpaired) electrons. The Morgan fingerprint density at radius 2 is 1.84 bits per heavy atom. The summed E-state index contributed by atoms with van der Waals surface area (Å²) >= 11 is 0. The van der Waals surface area contributed by atoms with E-state index in [4.69, 9.17) is 9.47 Å². The van der Waals surface area contributed by atoms with Gasteiger partial charge < -0.3 is 14.8 Å². The van der Waals surface area contributed by atoms with Crippen molar-refractivity contribution in [1.29, 1.82) is 0 Å². The summed E-state index contributed by atoms with van der Waals surface area (Å²) in [6.07, 6.45) is -2.58. The Bertz CT molecular complexity index is 1660. The lowest BCUT2D eigenvalue weighted by atomic mass is 9.92. The van der Waals surface area contributed by atoms with E-state index in [-0.39, 0.29) is 23.9 Å². The predicted octanol–water partition coefficient (Wildman–Crippen LogP) is 7.64. The third-order valence-corrected chi connectivity index (χ3v) is 7.71. The zero-order valence-corrected chi connectivity index (χ0v) is 24.5. The lowest BCUT2D eigenvalue weighted by Gasteiger charge is -2.21. The van der Waals surface area contributed by atoms with Gasteiger partial charge in [0.15, 0.2) is 0 Å². The van der Waals surface area contributed by atoms with Crippen LogP contribution in [0.15, 0.2) is 54.7 Å². The van der Waals surface area contributed by atoms with Crippen molar-refractivity contribution in [2.24, 2.45) is 5.92 Å². The first-order chi connectivity index (χ1) is 21.5. The van der Waals surface area contributed by atoms with Crippen LogP contribution >= 0.6 is 0 Å². The van der Waals surface area contributed by atoms with Crippen molar-refractivity contribution in [3.8, 4) is 22.8 Å². The van der Waals surface area contributed by atoms with Crippen molar-refractivity contribution in [2.75, 3.05) is 26.8 Å². The molecule has 0 amide bonds. The van der Waals surface area contributed by atoms with Gasteiger partial charge in [-0.05, 0) is 86.8 Å². The molecule has 3 heterocycles. The number of carbonyl (C=O) groups is 1. The van der Waals surface area contributed by atoms with E-state index in [9.17, 15) is 31.1 Å². The molecule has 238 valence electrons. The molecule has 1 N–H and O–H groups in total. The molecular weight excluding hydrogens is 600 g/mol. The van der Waals surface area contributed by atoms with E-state index in [1.807, 2.05) is 13.0 Å². The molecule has 45 heavy (non-hydrogen) atoms. The zero-order valence-electron chi connectivity index (χ0n) is 24.5. The third-order valence-electron chi connectivity index (χ3n) is 7.71. The molecule has 1 aliphatic carbocycles. The fourth-order valence-corrected chi connectivity index (χ4v) is 5.41. The summed E-state index contributed by atoms with van der Waals surface area (Å²) in [7, 11) is 1.49. The maximum Gasteiger partial charge on any atom is 0.398 e. The van der Waals surface area contributed by atoms with Gasteiger partial charge in [-0.2, -0.15) is 13.2 Å². The average molecular weight is 632 g/mol. The van der Waals surface area contributed by atoms with Gasteiger partial charge in [0, 0.05) is 40.7 Å². The molecule has 0 bridgehead atoms. The van der Waals surface area contributed by atoms with Crippen molar-refractivity contribution in [2.45, 2.75) is 44.2 Å². The first-order valence-electron chi connectivity index (χ1n) is 14.4. The molecule has 0 saturated heterocycles. The number of nitrogens with zero attached hydrogens (tertiary/aromatic N) is 2. The van der Waals surface area contributed by atoms with Crippen molar-refractivity contribution < 1.29 is 40.6 Å². The van der Waals surface area contributed by atoms with Crippen molar-refractivity contribution in [1.82, 2.24) is 15.3 Å². The Hall–Kier alpha value is -4.19. The first-order valence-corrected chi connectivity index (χ1v) is 14.4. The van der Waals surface area contributed by atoms with Gasteiger partial charge in [-0.1, -0.05) is 0 Å². The summed E-state index contributed by atoms with van der Waals surface area (Å²) in [5.74, 6) is -0.831. The average Bonchev–Trinajstić information content (AvgIpc) is 3.76. The van der Waals surface area contributed by atoms with E-state index in [1.54, 1.807) is 18.3 Å². The summed E-state index contributed by atoms with van der Waals surface area (Å²) in [5, 5.41) is 3.31. The molecule has 2 aromatic carbocycles. The Labute approximate surface area is 255 Å². The van der Waals surface area contributed by atoms with E-state index in [0.29, 0.717) is 52.3 Å². The molecule has 2 aliphatic rings. The number of aldehydes is 1. The number of pyridine rings is 2. The van der Waals surface area contributed by atoms with Crippen LogP contribution in [0, 0.1) is 18.7 Å². The number of nitrogens with one attached hydrogen (secondary N) is 1. The van der Waals surface area contributed by atoms with Crippen LogP contribution in [0.1, 0.15) is 51.9 Å². The van der Waals surface area contributed by atoms with Crippen molar-refractivity contribution in [3.63, 3.8) is 0 Å². The molecular formula is C33H31F6N3O3. The Kier molecular flexibility index (Phi) is 9.62. The van der Waals surface area contributed by atoms with Crippen LogP contribution in [0.3, 0.4) is 0 Å². The van der Waals surface area contributed by atoms with E-state index in [0.717, 1.165) is 24.0 Å². The fraction of sp³-hybridized carbons (Fsp3) is 0.364. The number of ether oxygens (including phenoxy) is 2. The number of carbonyl (C=O) groups excluding carboxylic acids is 1. The lowest BCUT2D eigenvalue weighted by Crippen LogP contribution is -2.30. The number of rotatable bonds is 9.